The maximum Gasteiger partial charge on any atom is 0.391 e. The number of hydrogen-bond donors (Lipinski definition) is 2. The molecule has 1 amide bonds. The number of hydrogen-bond acceptors (Lipinski definition) is 3. The number of aliphatic hydroxyl groups is 1. The average molecular weight is 359 g/mol. The first-order valence-electron chi connectivity index (χ1n) is 8.52. The van der Waals surface area contributed by atoms with Crippen molar-refractivity contribution in [1.29, 1.82) is 0 Å². The highest BCUT2D eigenvalue weighted by atomic mass is 19.4. The monoisotopic (exact) mass is 359 g/mol. The zero-order valence-electron chi connectivity index (χ0n) is 14.0. The van der Waals surface area contributed by atoms with Gasteiger partial charge in [-0.3, -0.25) is 4.79 Å². The van der Waals surface area contributed by atoms with Crippen molar-refractivity contribution in [2.24, 2.45) is 5.92 Å². The van der Waals surface area contributed by atoms with Crippen LogP contribution in [0.1, 0.15) is 38.5 Å². The van der Waals surface area contributed by atoms with Crippen LogP contribution in [0.2, 0.25) is 0 Å². The number of ether oxygens (including phenoxy) is 1. The van der Waals surface area contributed by atoms with Crippen LogP contribution in [-0.2, 0) is 4.79 Å². The largest absolute Gasteiger partial charge is 0.494 e. The van der Waals surface area contributed by atoms with Gasteiger partial charge in [-0.05, 0) is 44.2 Å². The van der Waals surface area contributed by atoms with Crippen molar-refractivity contribution in [1.82, 2.24) is 5.32 Å². The number of rotatable bonds is 7. The lowest BCUT2D eigenvalue weighted by Gasteiger charge is -2.37. The van der Waals surface area contributed by atoms with Gasteiger partial charge < -0.3 is 15.2 Å². The Kier molecular flexibility index (Phi) is 6.70. The van der Waals surface area contributed by atoms with Crippen molar-refractivity contribution in [2.45, 2.75) is 50.3 Å². The Hall–Kier alpha value is -1.76. The van der Waals surface area contributed by atoms with E-state index in [0.29, 0.717) is 19.4 Å². The molecule has 1 saturated carbocycles. The molecular formula is C18H24F3NO3. The molecule has 0 heterocycles. The van der Waals surface area contributed by atoms with E-state index in [1.54, 1.807) is 0 Å². The van der Waals surface area contributed by atoms with Gasteiger partial charge in [0.1, 0.15) is 5.75 Å². The maximum atomic E-state index is 12.8. The molecule has 2 N–H and O–H groups in total. The van der Waals surface area contributed by atoms with Gasteiger partial charge in [0, 0.05) is 13.0 Å². The van der Waals surface area contributed by atoms with Crippen molar-refractivity contribution in [3.05, 3.63) is 30.3 Å². The molecule has 25 heavy (non-hydrogen) atoms. The van der Waals surface area contributed by atoms with Crippen molar-refractivity contribution < 1.29 is 27.8 Å². The predicted molar refractivity (Wildman–Crippen MR) is 87.1 cm³/mol. The average Bonchev–Trinajstić information content (AvgIpc) is 2.57. The number of amides is 1. The van der Waals surface area contributed by atoms with Crippen LogP contribution < -0.4 is 10.1 Å². The summed E-state index contributed by atoms with van der Waals surface area (Å²) in [5, 5.41) is 12.9. The van der Waals surface area contributed by atoms with E-state index in [2.05, 4.69) is 5.32 Å². The van der Waals surface area contributed by atoms with Crippen LogP contribution >= 0.6 is 0 Å². The van der Waals surface area contributed by atoms with Gasteiger partial charge >= 0.3 is 6.18 Å². The van der Waals surface area contributed by atoms with E-state index in [4.69, 9.17) is 4.74 Å². The highest BCUT2D eigenvalue weighted by Gasteiger charge is 2.46. The topological polar surface area (TPSA) is 58.6 Å². The molecule has 140 valence electrons. The van der Waals surface area contributed by atoms with Gasteiger partial charge in [0.05, 0.1) is 18.1 Å². The molecule has 2 unspecified atom stereocenters. The lowest BCUT2D eigenvalue weighted by atomic mass is 9.77. The van der Waals surface area contributed by atoms with Gasteiger partial charge in [0.25, 0.3) is 0 Å². The van der Waals surface area contributed by atoms with E-state index >= 15 is 0 Å². The minimum atomic E-state index is -4.30. The Balaban J connectivity index is 1.67. The molecule has 0 radical (unpaired) electrons. The number of carbonyl (C=O) groups is 1. The normalized spacial score (nSPS) is 23.9. The van der Waals surface area contributed by atoms with E-state index in [0.717, 1.165) is 5.75 Å². The molecule has 0 saturated heterocycles. The third-order valence-corrected chi connectivity index (χ3v) is 4.46. The molecule has 1 fully saturated rings. The summed E-state index contributed by atoms with van der Waals surface area (Å²) in [5.74, 6) is -1.07. The summed E-state index contributed by atoms with van der Waals surface area (Å²) in [7, 11) is 0. The standard InChI is InChI=1S/C18H24F3NO3/c19-18(20,21)14-6-4-10-17(24,12-14)13-22-16(23)9-5-11-25-15-7-2-1-3-8-15/h1-3,7-8,14,24H,4-6,9-13H2,(H,22,23). The molecule has 1 aliphatic carbocycles. The van der Waals surface area contributed by atoms with Crippen molar-refractivity contribution in [3.8, 4) is 5.75 Å². The molecule has 2 rings (SSSR count). The van der Waals surface area contributed by atoms with E-state index in [1.165, 1.54) is 0 Å². The third-order valence-electron chi connectivity index (χ3n) is 4.46. The molecule has 1 aromatic carbocycles. The Morgan fingerprint density at radius 2 is 2.04 bits per heavy atom. The molecule has 0 bridgehead atoms. The minimum absolute atomic E-state index is 0.0383. The Morgan fingerprint density at radius 1 is 1.32 bits per heavy atom. The predicted octanol–water partition coefficient (Wildman–Crippen LogP) is 3.45. The summed E-state index contributed by atoms with van der Waals surface area (Å²) in [4.78, 5) is 11.8. The second-order valence-electron chi connectivity index (χ2n) is 6.60. The van der Waals surface area contributed by atoms with Gasteiger partial charge in [-0.25, -0.2) is 0 Å². The lowest BCUT2D eigenvalue weighted by molar-refractivity contribution is -0.199. The summed E-state index contributed by atoms with van der Waals surface area (Å²) >= 11 is 0. The highest BCUT2D eigenvalue weighted by Crippen LogP contribution is 2.41. The molecular weight excluding hydrogens is 335 g/mol. The summed E-state index contributed by atoms with van der Waals surface area (Å²) in [6.45, 7) is 0.232. The summed E-state index contributed by atoms with van der Waals surface area (Å²) in [6, 6.07) is 9.20. The molecule has 7 heteroatoms. The van der Waals surface area contributed by atoms with Crippen LogP contribution in [0.25, 0.3) is 0 Å². The van der Waals surface area contributed by atoms with Gasteiger partial charge in [0.2, 0.25) is 5.91 Å². The van der Waals surface area contributed by atoms with Crippen molar-refractivity contribution in [3.63, 3.8) is 0 Å². The van der Waals surface area contributed by atoms with Crippen LogP contribution in [0.3, 0.4) is 0 Å². The molecule has 2 atom stereocenters. The lowest BCUT2D eigenvalue weighted by Crippen LogP contribution is -2.48. The first-order valence-corrected chi connectivity index (χ1v) is 8.52. The maximum absolute atomic E-state index is 12.8. The Labute approximate surface area is 145 Å². The fourth-order valence-corrected chi connectivity index (χ4v) is 3.07. The van der Waals surface area contributed by atoms with Gasteiger partial charge in [-0.15, -0.1) is 0 Å². The summed E-state index contributed by atoms with van der Waals surface area (Å²) in [5.41, 5.74) is -1.48. The van der Waals surface area contributed by atoms with Gasteiger partial charge in [0.15, 0.2) is 0 Å². The van der Waals surface area contributed by atoms with Crippen LogP contribution in [0, 0.1) is 5.92 Å². The van der Waals surface area contributed by atoms with Crippen molar-refractivity contribution in [2.75, 3.05) is 13.2 Å². The molecule has 0 spiro atoms. The van der Waals surface area contributed by atoms with Gasteiger partial charge in [-0.2, -0.15) is 13.2 Å². The highest BCUT2D eigenvalue weighted by molar-refractivity contribution is 5.75. The Morgan fingerprint density at radius 3 is 2.72 bits per heavy atom. The minimum Gasteiger partial charge on any atom is -0.494 e. The van der Waals surface area contributed by atoms with E-state index in [1.807, 2.05) is 30.3 Å². The fourth-order valence-electron chi connectivity index (χ4n) is 3.07. The summed E-state index contributed by atoms with van der Waals surface area (Å²) < 4.78 is 43.9. The number of halogens is 3. The number of nitrogens with one attached hydrogen (secondary N) is 1. The quantitative estimate of drug-likeness (QED) is 0.733. The number of carbonyl (C=O) groups excluding carboxylic acids is 1. The molecule has 0 aromatic heterocycles. The zero-order valence-corrected chi connectivity index (χ0v) is 14.0. The Bertz CT molecular complexity index is 550. The fraction of sp³-hybridized carbons (Fsp3) is 0.611. The van der Waals surface area contributed by atoms with Crippen LogP contribution in [0.5, 0.6) is 5.75 Å². The molecule has 4 nitrogen and oxygen atoms in total. The second kappa shape index (κ2) is 8.56. The molecule has 1 aromatic rings. The first kappa shape index (κ1) is 19.6. The van der Waals surface area contributed by atoms with Crippen LogP contribution in [-0.4, -0.2) is 35.9 Å². The second-order valence-corrected chi connectivity index (χ2v) is 6.60. The number of para-hydroxylation sites is 1. The van der Waals surface area contributed by atoms with Crippen molar-refractivity contribution >= 4 is 5.91 Å². The zero-order chi connectivity index (χ0) is 18.3. The van der Waals surface area contributed by atoms with Crippen LogP contribution in [0.4, 0.5) is 13.2 Å². The van der Waals surface area contributed by atoms with E-state index in [9.17, 15) is 23.1 Å². The SMILES string of the molecule is O=C(CCCOc1ccccc1)NCC1(O)CCCC(C(F)(F)F)C1. The van der Waals surface area contributed by atoms with E-state index in [-0.39, 0.29) is 38.1 Å². The van der Waals surface area contributed by atoms with Crippen LogP contribution in [0.15, 0.2) is 30.3 Å². The van der Waals surface area contributed by atoms with Gasteiger partial charge in [-0.1, -0.05) is 18.2 Å². The number of alkyl halides is 3. The number of benzene rings is 1. The molecule has 0 aliphatic heterocycles. The molecule has 1 aliphatic rings. The smallest absolute Gasteiger partial charge is 0.391 e. The first-order chi connectivity index (χ1) is 11.8. The third kappa shape index (κ3) is 6.57. The summed E-state index contributed by atoms with van der Waals surface area (Å²) in [6.07, 6.45) is -3.34. The van der Waals surface area contributed by atoms with E-state index < -0.39 is 17.7 Å².